The maximum Gasteiger partial charge on any atom is 0.125 e. The first kappa shape index (κ1) is 27.9. The number of nitrogens with zero attached hydrogens (tertiary/aromatic N) is 3. The summed E-state index contributed by atoms with van der Waals surface area (Å²) in [7, 11) is 0. The summed E-state index contributed by atoms with van der Waals surface area (Å²) >= 11 is 0. The van der Waals surface area contributed by atoms with Gasteiger partial charge in [-0.3, -0.25) is 14.7 Å². The van der Waals surface area contributed by atoms with Gasteiger partial charge in [0.15, 0.2) is 0 Å². The van der Waals surface area contributed by atoms with E-state index in [1.807, 2.05) is 0 Å². The molecule has 3 unspecified atom stereocenters. The van der Waals surface area contributed by atoms with Gasteiger partial charge in [-0.25, -0.2) is 0 Å². The Kier molecular flexibility index (Phi) is 12.7. The molecule has 0 saturated heterocycles. The summed E-state index contributed by atoms with van der Waals surface area (Å²) in [6, 6.07) is 5.53. The predicted molar refractivity (Wildman–Crippen MR) is 136 cm³/mol. The molecular formula is C27H51N3O. The Morgan fingerprint density at radius 2 is 0.839 bits per heavy atom. The normalized spacial score (nSPS) is 15.1. The van der Waals surface area contributed by atoms with E-state index in [1.54, 1.807) is 0 Å². The number of benzene rings is 1. The van der Waals surface area contributed by atoms with Gasteiger partial charge in [-0.05, 0) is 76.2 Å². The van der Waals surface area contributed by atoms with Gasteiger partial charge < -0.3 is 5.11 Å². The molecule has 4 heteroatoms. The standard InChI is InChI=1S/C27H51N3O/c1-10-24(28(13-4)14-5)21-19-22(25(11-2)29(15-6)16-7)27(31)23(20-21)26(12-3)30(17-8)18-9/h19-20,24-26,31H,10-18H2,1-9H3. The van der Waals surface area contributed by atoms with Crippen LogP contribution in [0.4, 0.5) is 0 Å². The third-order valence-electron chi connectivity index (χ3n) is 7.21. The molecule has 180 valence electrons. The fraction of sp³-hybridized carbons (Fsp3) is 0.778. The summed E-state index contributed by atoms with van der Waals surface area (Å²) in [6.07, 6.45) is 3.08. The predicted octanol–water partition coefficient (Wildman–Crippen LogP) is 6.77. The van der Waals surface area contributed by atoms with Crippen LogP contribution in [-0.4, -0.2) is 59.1 Å². The second kappa shape index (κ2) is 14.1. The first-order valence-corrected chi connectivity index (χ1v) is 13.0. The van der Waals surface area contributed by atoms with Gasteiger partial charge in [0.2, 0.25) is 0 Å². The van der Waals surface area contributed by atoms with Crippen molar-refractivity contribution in [1.29, 1.82) is 0 Å². The van der Waals surface area contributed by atoms with Crippen molar-refractivity contribution >= 4 is 0 Å². The molecule has 0 heterocycles. The molecule has 1 aromatic carbocycles. The zero-order valence-electron chi connectivity index (χ0n) is 22.0. The van der Waals surface area contributed by atoms with Crippen molar-refractivity contribution in [2.75, 3.05) is 39.3 Å². The molecule has 0 spiro atoms. The molecule has 0 saturated carbocycles. The Morgan fingerprint density at radius 1 is 0.548 bits per heavy atom. The molecule has 0 amide bonds. The molecule has 31 heavy (non-hydrogen) atoms. The summed E-state index contributed by atoms with van der Waals surface area (Å²) in [4.78, 5) is 7.52. The van der Waals surface area contributed by atoms with Crippen molar-refractivity contribution in [1.82, 2.24) is 14.7 Å². The minimum absolute atomic E-state index is 0.247. The van der Waals surface area contributed by atoms with Crippen LogP contribution in [0.25, 0.3) is 0 Å². The number of hydrogen-bond acceptors (Lipinski definition) is 4. The molecule has 0 aromatic heterocycles. The van der Waals surface area contributed by atoms with E-state index in [9.17, 15) is 5.11 Å². The molecule has 1 aromatic rings. The summed E-state index contributed by atoms with van der Waals surface area (Å²) < 4.78 is 0. The number of phenolic OH excluding ortho intramolecular Hbond substituents is 1. The second-order valence-corrected chi connectivity index (χ2v) is 8.48. The number of hydrogen-bond donors (Lipinski definition) is 1. The van der Waals surface area contributed by atoms with Crippen molar-refractivity contribution in [3.8, 4) is 5.75 Å². The van der Waals surface area contributed by atoms with Gasteiger partial charge >= 0.3 is 0 Å². The molecule has 0 aliphatic rings. The Bertz CT molecular complexity index is 580. The van der Waals surface area contributed by atoms with Crippen molar-refractivity contribution < 1.29 is 5.11 Å². The Morgan fingerprint density at radius 3 is 1.10 bits per heavy atom. The van der Waals surface area contributed by atoms with Gasteiger partial charge in [0.05, 0.1) is 0 Å². The molecule has 0 bridgehead atoms. The maximum atomic E-state index is 11.6. The zero-order chi connectivity index (χ0) is 23.6. The monoisotopic (exact) mass is 433 g/mol. The largest absolute Gasteiger partial charge is 0.507 e. The average Bonchev–Trinajstić information content (AvgIpc) is 2.80. The minimum atomic E-state index is 0.247. The highest BCUT2D eigenvalue weighted by Crippen LogP contribution is 2.42. The fourth-order valence-corrected chi connectivity index (χ4v) is 5.45. The lowest BCUT2D eigenvalue weighted by Gasteiger charge is -2.36. The van der Waals surface area contributed by atoms with Gasteiger partial charge in [0.1, 0.15) is 5.75 Å². The van der Waals surface area contributed by atoms with Crippen LogP contribution in [0.2, 0.25) is 0 Å². The summed E-state index contributed by atoms with van der Waals surface area (Å²) in [5.74, 6) is 0.524. The van der Waals surface area contributed by atoms with Crippen LogP contribution >= 0.6 is 0 Å². The van der Waals surface area contributed by atoms with E-state index in [1.165, 1.54) is 5.56 Å². The summed E-state index contributed by atoms with van der Waals surface area (Å²) in [5, 5.41) is 11.6. The van der Waals surface area contributed by atoms with E-state index < -0.39 is 0 Å². The van der Waals surface area contributed by atoms with Gasteiger partial charge in [0.25, 0.3) is 0 Å². The zero-order valence-corrected chi connectivity index (χ0v) is 22.0. The lowest BCUT2D eigenvalue weighted by atomic mass is 9.88. The number of rotatable bonds is 15. The molecule has 3 atom stereocenters. The Balaban J connectivity index is 3.79. The molecule has 1 rings (SSSR count). The van der Waals surface area contributed by atoms with Crippen LogP contribution in [0.1, 0.15) is 116 Å². The third-order valence-corrected chi connectivity index (χ3v) is 7.21. The van der Waals surface area contributed by atoms with Crippen molar-refractivity contribution in [3.05, 3.63) is 28.8 Å². The minimum Gasteiger partial charge on any atom is -0.507 e. The van der Waals surface area contributed by atoms with Crippen LogP contribution in [0.3, 0.4) is 0 Å². The summed E-state index contributed by atoms with van der Waals surface area (Å²) in [5.41, 5.74) is 3.61. The summed E-state index contributed by atoms with van der Waals surface area (Å²) in [6.45, 7) is 26.3. The molecule has 0 aliphatic heterocycles. The molecule has 0 fully saturated rings. The topological polar surface area (TPSA) is 30.0 Å². The van der Waals surface area contributed by atoms with E-state index >= 15 is 0 Å². The molecule has 0 radical (unpaired) electrons. The Hall–Kier alpha value is -1.10. The average molecular weight is 434 g/mol. The van der Waals surface area contributed by atoms with Gasteiger partial charge in [-0.1, -0.05) is 62.3 Å². The lowest BCUT2D eigenvalue weighted by Crippen LogP contribution is -2.31. The van der Waals surface area contributed by atoms with E-state index in [-0.39, 0.29) is 12.1 Å². The van der Waals surface area contributed by atoms with Crippen molar-refractivity contribution in [3.63, 3.8) is 0 Å². The number of phenols is 1. The van der Waals surface area contributed by atoms with Crippen molar-refractivity contribution in [2.45, 2.75) is 99.7 Å². The highest BCUT2D eigenvalue weighted by atomic mass is 16.3. The fourth-order valence-electron chi connectivity index (χ4n) is 5.45. The van der Waals surface area contributed by atoms with E-state index in [0.717, 1.165) is 69.7 Å². The quantitative estimate of drug-likeness (QED) is 0.330. The molecule has 1 N–H and O–H groups in total. The highest BCUT2D eigenvalue weighted by Gasteiger charge is 2.28. The maximum absolute atomic E-state index is 11.6. The lowest BCUT2D eigenvalue weighted by molar-refractivity contribution is 0.196. The van der Waals surface area contributed by atoms with E-state index in [0.29, 0.717) is 11.8 Å². The number of aromatic hydroxyl groups is 1. The SMILES string of the molecule is CCC(c1cc(C(CC)N(CC)CC)c(O)c(C(CC)N(CC)CC)c1)N(CC)CC. The van der Waals surface area contributed by atoms with Crippen LogP contribution in [0, 0.1) is 0 Å². The van der Waals surface area contributed by atoms with Crippen LogP contribution in [0.5, 0.6) is 5.75 Å². The Labute approximate surface area is 193 Å². The third kappa shape index (κ3) is 6.46. The van der Waals surface area contributed by atoms with E-state index in [4.69, 9.17) is 0 Å². The second-order valence-electron chi connectivity index (χ2n) is 8.48. The van der Waals surface area contributed by atoms with Crippen molar-refractivity contribution in [2.24, 2.45) is 0 Å². The van der Waals surface area contributed by atoms with Crippen LogP contribution in [-0.2, 0) is 0 Å². The van der Waals surface area contributed by atoms with Gasteiger partial charge in [-0.2, -0.15) is 0 Å². The first-order chi connectivity index (χ1) is 14.9. The van der Waals surface area contributed by atoms with Gasteiger partial charge in [-0.15, -0.1) is 0 Å². The molecule has 4 nitrogen and oxygen atoms in total. The molecular weight excluding hydrogens is 382 g/mol. The van der Waals surface area contributed by atoms with Crippen LogP contribution in [0.15, 0.2) is 12.1 Å². The highest BCUT2D eigenvalue weighted by molar-refractivity contribution is 5.48. The molecule has 0 aliphatic carbocycles. The smallest absolute Gasteiger partial charge is 0.125 e. The van der Waals surface area contributed by atoms with Crippen LogP contribution < -0.4 is 0 Å². The van der Waals surface area contributed by atoms with Gasteiger partial charge in [0, 0.05) is 29.3 Å². The van der Waals surface area contributed by atoms with E-state index in [2.05, 4.69) is 89.1 Å². The first-order valence-electron chi connectivity index (χ1n) is 13.0.